The molecule has 0 aromatic carbocycles. The molecule has 0 amide bonds. The number of hydrogen-bond donors (Lipinski definition) is 1. The van der Waals surface area contributed by atoms with E-state index in [2.05, 4.69) is 20.0 Å². The van der Waals surface area contributed by atoms with E-state index in [0.717, 1.165) is 31.4 Å². The monoisotopic (exact) mass is 492 g/mol. The van der Waals surface area contributed by atoms with Crippen LogP contribution in [0.2, 0.25) is 0 Å². The van der Waals surface area contributed by atoms with Gasteiger partial charge in [-0.2, -0.15) is 0 Å². The highest BCUT2D eigenvalue weighted by Gasteiger charge is 2.47. The zero-order chi connectivity index (χ0) is 24.4. The van der Waals surface area contributed by atoms with Crippen molar-refractivity contribution < 1.29 is 19.2 Å². The molecule has 7 rings (SSSR count). The van der Waals surface area contributed by atoms with E-state index in [1.807, 2.05) is 6.92 Å². The number of ether oxygens (including phenoxy) is 1. The number of piperidine rings is 1. The quantitative estimate of drug-likeness (QED) is 0.540. The topological polar surface area (TPSA) is 102 Å². The summed E-state index contributed by atoms with van der Waals surface area (Å²) >= 11 is 0. The zero-order valence-electron chi connectivity index (χ0n) is 21.1. The molecule has 1 unspecified atom stereocenters. The van der Waals surface area contributed by atoms with E-state index >= 15 is 0 Å². The number of fused-ring (bicyclic) bond motifs is 2. The maximum atomic E-state index is 11.5. The van der Waals surface area contributed by atoms with Crippen LogP contribution in [-0.2, 0) is 11.3 Å². The van der Waals surface area contributed by atoms with E-state index in [9.17, 15) is 9.90 Å². The minimum atomic E-state index is -1.01. The first-order valence-corrected chi connectivity index (χ1v) is 14.0. The Morgan fingerprint density at radius 1 is 1.06 bits per heavy atom. The standard InChI is InChI=1S/C28H36N4O4/c1-16-12-23(26(33)34)30-27(29-16)32-19-4-5-20(32)14-21(13-19)35-15-22-24(31-36-25(22)18-2-3-18)17-6-8-28(9-7-17)10-11-28/h12,17-21H,2-11,13-15H2,1H3,(H,33,34)/t19-,20+,21?. The van der Waals surface area contributed by atoms with Crippen LogP contribution in [0.15, 0.2) is 10.6 Å². The lowest BCUT2D eigenvalue weighted by Gasteiger charge is -2.39. The average molecular weight is 493 g/mol. The fourth-order valence-electron chi connectivity index (χ4n) is 7.22. The molecule has 1 N–H and O–H groups in total. The highest BCUT2D eigenvalue weighted by Crippen LogP contribution is 2.59. The van der Waals surface area contributed by atoms with Crippen molar-refractivity contribution in [3.8, 4) is 0 Å². The van der Waals surface area contributed by atoms with E-state index in [0.29, 0.717) is 35.5 Å². The normalized spacial score (nSPS) is 29.1. The highest BCUT2D eigenvalue weighted by molar-refractivity contribution is 5.85. The Morgan fingerprint density at radius 3 is 2.42 bits per heavy atom. The summed E-state index contributed by atoms with van der Waals surface area (Å²) in [6.07, 6.45) is 14.6. The van der Waals surface area contributed by atoms with Crippen LogP contribution < -0.4 is 4.90 Å². The predicted octanol–water partition coefficient (Wildman–Crippen LogP) is 5.50. The summed E-state index contributed by atoms with van der Waals surface area (Å²) in [7, 11) is 0. The summed E-state index contributed by atoms with van der Waals surface area (Å²) in [6.45, 7) is 2.43. The van der Waals surface area contributed by atoms with Crippen molar-refractivity contribution in [2.75, 3.05) is 4.90 Å². The maximum Gasteiger partial charge on any atom is 0.354 e. The Morgan fingerprint density at radius 2 is 1.78 bits per heavy atom. The number of carboxylic acids is 1. The summed E-state index contributed by atoms with van der Waals surface area (Å²) in [5.41, 5.74) is 3.87. The van der Waals surface area contributed by atoms with Gasteiger partial charge >= 0.3 is 5.97 Å². The van der Waals surface area contributed by atoms with Crippen molar-refractivity contribution in [2.24, 2.45) is 5.41 Å². The van der Waals surface area contributed by atoms with Crippen LogP contribution in [-0.4, -0.2) is 44.4 Å². The van der Waals surface area contributed by atoms with Gasteiger partial charge in [-0.3, -0.25) is 0 Å². The van der Waals surface area contributed by atoms with Crippen molar-refractivity contribution in [1.29, 1.82) is 0 Å². The molecule has 4 heterocycles. The average Bonchev–Trinajstić information content (AvgIpc) is 3.79. The van der Waals surface area contributed by atoms with Crippen molar-refractivity contribution in [2.45, 2.75) is 121 Å². The van der Waals surface area contributed by atoms with Crippen molar-refractivity contribution >= 4 is 11.9 Å². The lowest BCUT2D eigenvalue weighted by Crippen LogP contribution is -2.46. The van der Waals surface area contributed by atoms with Crippen LogP contribution in [0.5, 0.6) is 0 Å². The molecular formula is C28H36N4O4. The molecule has 3 aliphatic carbocycles. The summed E-state index contributed by atoms with van der Waals surface area (Å²) in [4.78, 5) is 22.8. The van der Waals surface area contributed by atoms with Gasteiger partial charge in [0.25, 0.3) is 0 Å². The molecule has 8 nitrogen and oxygen atoms in total. The van der Waals surface area contributed by atoms with Crippen LogP contribution >= 0.6 is 0 Å². The molecular weight excluding hydrogens is 456 g/mol. The Kier molecular flexibility index (Phi) is 5.38. The van der Waals surface area contributed by atoms with Crippen LogP contribution in [0.1, 0.15) is 122 Å². The maximum absolute atomic E-state index is 11.5. The minimum absolute atomic E-state index is 0.0678. The predicted molar refractivity (Wildman–Crippen MR) is 132 cm³/mol. The fraction of sp³-hybridized carbons (Fsp3) is 0.714. The number of carbonyl (C=O) groups is 1. The molecule has 36 heavy (non-hydrogen) atoms. The molecule has 5 aliphatic rings. The largest absolute Gasteiger partial charge is 0.477 e. The van der Waals surface area contributed by atoms with E-state index in [1.54, 1.807) is 0 Å². The number of nitrogens with zero attached hydrogens (tertiary/aromatic N) is 4. The first-order chi connectivity index (χ1) is 17.5. The number of aromatic nitrogens is 3. The molecule has 3 saturated carbocycles. The smallest absolute Gasteiger partial charge is 0.354 e. The summed E-state index contributed by atoms with van der Waals surface area (Å²) in [5.74, 6) is 1.69. The van der Waals surface area contributed by atoms with Crippen LogP contribution in [0.4, 0.5) is 5.95 Å². The Hall–Kier alpha value is -2.48. The van der Waals surface area contributed by atoms with Gasteiger partial charge in [0.05, 0.1) is 18.4 Å². The van der Waals surface area contributed by atoms with Gasteiger partial charge in [0, 0.05) is 35.2 Å². The third-order valence-electron chi connectivity index (χ3n) is 9.63. The molecule has 2 aromatic heterocycles. The van der Waals surface area contributed by atoms with Crippen LogP contribution in [0.3, 0.4) is 0 Å². The summed E-state index contributed by atoms with van der Waals surface area (Å²) in [6, 6.07) is 2.11. The van der Waals surface area contributed by atoms with Crippen LogP contribution in [0.25, 0.3) is 0 Å². The van der Waals surface area contributed by atoms with Gasteiger partial charge < -0.3 is 19.3 Å². The Balaban J connectivity index is 1.05. The lowest BCUT2D eigenvalue weighted by molar-refractivity contribution is 0.0138. The molecule has 2 aliphatic heterocycles. The molecule has 5 fully saturated rings. The van der Waals surface area contributed by atoms with Crippen molar-refractivity contribution in [3.05, 3.63) is 34.5 Å². The van der Waals surface area contributed by atoms with Gasteiger partial charge in [-0.1, -0.05) is 5.16 Å². The van der Waals surface area contributed by atoms with Gasteiger partial charge in [-0.25, -0.2) is 14.8 Å². The summed E-state index contributed by atoms with van der Waals surface area (Å²) in [5, 5.41) is 14.1. The number of aryl methyl sites for hydroxylation is 1. The number of rotatable bonds is 7. The second kappa shape index (κ2) is 8.54. The molecule has 0 radical (unpaired) electrons. The lowest BCUT2D eigenvalue weighted by atomic mass is 9.77. The number of hydrogen-bond acceptors (Lipinski definition) is 7. The van der Waals surface area contributed by atoms with E-state index in [-0.39, 0.29) is 23.9 Å². The van der Waals surface area contributed by atoms with Crippen LogP contribution in [0, 0.1) is 12.3 Å². The number of anilines is 1. The van der Waals surface area contributed by atoms with Gasteiger partial charge in [0.1, 0.15) is 5.76 Å². The minimum Gasteiger partial charge on any atom is -0.477 e. The highest BCUT2D eigenvalue weighted by atomic mass is 16.5. The molecule has 2 saturated heterocycles. The molecule has 3 atom stereocenters. The second-order valence-electron chi connectivity index (χ2n) is 12.2. The zero-order valence-corrected chi connectivity index (χ0v) is 21.1. The fourth-order valence-corrected chi connectivity index (χ4v) is 7.22. The number of aromatic carboxylic acids is 1. The van der Waals surface area contributed by atoms with E-state index in [4.69, 9.17) is 9.26 Å². The SMILES string of the molecule is Cc1cc(C(=O)O)nc(N2[C@@H]3CC[C@H]2CC(OCc2c(C4CCC5(CC4)CC5)noc2C2CC2)C3)n1. The molecule has 8 heteroatoms. The van der Waals surface area contributed by atoms with Gasteiger partial charge in [0.2, 0.25) is 5.95 Å². The van der Waals surface area contributed by atoms with E-state index < -0.39 is 5.97 Å². The van der Waals surface area contributed by atoms with Crippen molar-refractivity contribution in [3.63, 3.8) is 0 Å². The van der Waals surface area contributed by atoms with Gasteiger partial charge in [-0.05, 0) is 95.5 Å². The van der Waals surface area contributed by atoms with Gasteiger partial charge in [0.15, 0.2) is 5.69 Å². The molecule has 192 valence electrons. The Labute approximate surface area is 211 Å². The first-order valence-electron chi connectivity index (χ1n) is 14.0. The number of carboxylic acid groups (broad SMARTS) is 1. The first kappa shape index (κ1) is 22.7. The second-order valence-corrected chi connectivity index (χ2v) is 12.2. The molecule has 2 aromatic rings. The summed E-state index contributed by atoms with van der Waals surface area (Å²) < 4.78 is 12.6. The van der Waals surface area contributed by atoms with Gasteiger partial charge in [-0.15, -0.1) is 0 Å². The Bertz CT molecular complexity index is 1150. The van der Waals surface area contributed by atoms with Crippen molar-refractivity contribution in [1.82, 2.24) is 15.1 Å². The molecule has 2 bridgehead atoms. The third-order valence-corrected chi connectivity index (χ3v) is 9.63. The third kappa shape index (κ3) is 4.11. The van der Waals surface area contributed by atoms with E-state index in [1.165, 1.54) is 68.7 Å². The molecule has 1 spiro atoms.